The van der Waals surface area contributed by atoms with E-state index in [1.165, 1.54) is 0 Å². The number of carbonyl (C=O) groups is 1. The normalized spacial score (nSPS) is 40.8. The van der Waals surface area contributed by atoms with Crippen LogP contribution in [0, 0.1) is 0 Å². The molecule has 19 heavy (non-hydrogen) atoms. The number of fused-ring (bicyclic) bond motifs is 1. The largest absolute Gasteiger partial charge is 0.393 e. The van der Waals surface area contributed by atoms with Crippen LogP contribution in [-0.2, 0) is 16.6 Å². The maximum atomic E-state index is 12.6. The van der Waals surface area contributed by atoms with Crippen molar-refractivity contribution in [1.29, 1.82) is 0 Å². The van der Waals surface area contributed by atoms with E-state index in [-0.39, 0.29) is 24.3 Å². The summed E-state index contributed by atoms with van der Waals surface area (Å²) in [5.74, 6) is 0.0501. The Kier molecular flexibility index (Phi) is 2.15. The predicted molar refractivity (Wildman–Crippen MR) is 64.9 cm³/mol. The zero-order valence-corrected chi connectivity index (χ0v) is 10.8. The van der Waals surface area contributed by atoms with Gasteiger partial charge in [-0.1, -0.05) is 0 Å². The van der Waals surface area contributed by atoms with Gasteiger partial charge in [0, 0.05) is 31.6 Å². The second-order valence-electron chi connectivity index (χ2n) is 5.88. The Hall–Kier alpha value is -1.40. The molecule has 2 atom stereocenters. The smallest absolute Gasteiger partial charge is 0.257 e. The highest BCUT2D eigenvalue weighted by atomic mass is 16.6. The number of ether oxygens (including phenoxy) is 1. The van der Waals surface area contributed by atoms with E-state index in [9.17, 15) is 9.90 Å². The first kappa shape index (κ1) is 11.4. The summed E-state index contributed by atoms with van der Waals surface area (Å²) in [6, 6.07) is 0.0725. The summed E-state index contributed by atoms with van der Waals surface area (Å²) < 4.78 is 7.70. The van der Waals surface area contributed by atoms with Crippen molar-refractivity contribution in [3.8, 4) is 0 Å². The lowest BCUT2D eigenvalue weighted by Crippen LogP contribution is -2.54. The van der Waals surface area contributed by atoms with Crippen LogP contribution >= 0.6 is 0 Å². The minimum absolute atomic E-state index is 0.0501. The second-order valence-corrected chi connectivity index (χ2v) is 5.88. The van der Waals surface area contributed by atoms with Crippen molar-refractivity contribution in [2.45, 2.75) is 49.7 Å². The van der Waals surface area contributed by atoms with E-state index in [0.29, 0.717) is 12.8 Å². The van der Waals surface area contributed by atoms with Crippen molar-refractivity contribution in [2.24, 2.45) is 7.05 Å². The highest BCUT2D eigenvalue weighted by Crippen LogP contribution is 2.51. The number of aromatic nitrogens is 2. The van der Waals surface area contributed by atoms with E-state index in [1.54, 1.807) is 4.68 Å². The first-order chi connectivity index (χ1) is 9.09. The lowest BCUT2D eigenvalue weighted by atomic mass is 9.76. The van der Waals surface area contributed by atoms with Crippen molar-refractivity contribution in [3.63, 3.8) is 0 Å². The van der Waals surface area contributed by atoms with Crippen LogP contribution < -0.4 is 0 Å². The summed E-state index contributed by atoms with van der Waals surface area (Å²) in [6.45, 7) is 0. The van der Waals surface area contributed by atoms with Crippen LogP contribution in [0.25, 0.3) is 0 Å². The Morgan fingerprint density at radius 2 is 2.26 bits per heavy atom. The molecule has 0 radical (unpaired) electrons. The Balaban J connectivity index is 1.63. The molecule has 1 aromatic rings. The number of carbonyl (C=O) groups excluding carboxylic acids is 1. The van der Waals surface area contributed by atoms with Gasteiger partial charge >= 0.3 is 0 Å². The average molecular weight is 263 g/mol. The van der Waals surface area contributed by atoms with Crippen molar-refractivity contribution < 1.29 is 14.6 Å². The molecule has 0 aromatic carbocycles. The molecule has 1 N–H and O–H groups in total. The number of aryl methyl sites for hydroxylation is 1. The van der Waals surface area contributed by atoms with Gasteiger partial charge in [0.05, 0.1) is 18.3 Å². The quantitative estimate of drug-likeness (QED) is 0.793. The molecule has 1 amide bonds. The maximum Gasteiger partial charge on any atom is 0.257 e. The third-order valence-electron chi connectivity index (χ3n) is 4.56. The van der Waals surface area contributed by atoms with Crippen LogP contribution in [0.5, 0.6) is 0 Å². The molecule has 4 rings (SSSR count). The number of aliphatic hydroxyl groups is 1. The molecule has 102 valence electrons. The first-order valence-electron chi connectivity index (χ1n) is 6.76. The van der Waals surface area contributed by atoms with Crippen LogP contribution in [0.2, 0.25) is 0 Å². The number of hydrogen-bond donors (Lipinski definition) is 1. The third kappa shape index (κ3) is 1.44. The molecule has 2 saturated heterocycles. The molecule has 1 aliphatic carbocycles. The van der Waals surface area contributed by atoms with E-state index >= 15 is 0 Å². The SMILES string of the molecule is Cn1cc([C@@H]2CC[C@H]3OC4(CC(O)C4)C(=O)N32)cn1. The highest BCUT2D eigenvalue weighted by Gasteiger charge is 2.62. The minimum atomic E-state index is -0.731. The number of hydrogen-bond acceptors (Lipinski definition) is 4. The zero-order chi connectivity index (χ0) is 13.2. The fraction of sp³-hybridized carbons (Fsp3) is 0.692. The fourth-order valence-electron chi connectivity index (χ4n) is 3.63. The molecule has 2 aliphatic heterocycles. The summed E-state index contributed by atoms with van der Waals surface area (Å²) in [4.78, 5) is 14.5. The van der Waals surface area contributed by atoms with Gasteiger partial charge in [0.1, 0.15) is 6.23 Å². The summed E-state index contributed by atoms with van der Waals surface area (Å²) in [6.07, 6.45) is 5.94. The second kappa shape index (κ2) is 3.58. The summed E-state index contributed by atoms with van der Waals surface area (Å²) in [5, 5.41) is 13.7. The van der Waals surface area contributed by atoms with E-state index < -0.39 is 5.60 Å². The Morgan fingerprint density at radius 3 is 2.89 bits per heavy atom. The van der Waals surface area contributed by atoms with Gasteiger partial charge in [-0.2, -0.15) is 5.10 Å². The van der Waals surface area contributed by atoms with Gasteiger partial charge < -0.3 is 14.7 Å². The van der Waals surface area contributed by atoms with Gasteiger partial charge in [-0.3, -0.25) is 9.48 Å². The average Bonchev–Trinajstić information content (AvgIpc) is 2.96. The van der Waals surface area contributed by atoms with Crippen molar-refractivity contribution in [2.75, 3.05) is 0 Å². The number of rotatable bonds is 1. The molecule has 1 spiro atoms. The molecular formula is C13H17N3O3. The fourth-order valence-corrected chi connectivity index (χ4v) is 3.63. The van der Waals surface area contributed by atoms with Crippen LogP contribution in [0.3, 0.4) is 0 Å². The maximum absolute atomic E-state index is 12.6. The molecular weight excluding hydrogens is 246 g/mol. The summed E-state index contributed by atoms with van der Waals surface area (Å²) in [7, 11) is 1.88. The third-order valence-corrected chi connectivity index (χ3v) is 4.56. The van der Waals surface area contributed by atoms with E-state index in [1.807, 2.05) is 24.3 Å². The Morgan fingerprint density at radius 1 is 1.47 bits per heavy atom. The predicted octanol–water partition coefficient (Wildman–Crippen LogP) is 0.333. The van der Waals surface area contributed by atoms with Crippen molar-refractivity contribution >= 4 is 5.91 Å². The minimum Gasteiger partial charge on any atom is -0.393 e. The van der Waals surface area contributed by atoms with Crippen molar-refractivity contribution in [3.05, 3.63) is 18.0 Å². The Labute approximate surface area is 110 Å². The van der Waals surface area contributed by atoms with E-state index in [4.69, 9.17) is 4.74 Å². The molecule has 0 bridgehead atoms. The zero-order valence-electron chi connectivity index (χ0n) is 10.8. The lowest BCUT2D eigenvalue weighted by molar-refractivity contribution is -0.165. The van der Waals surface area contributed by atoms with Crippen LogP contribution in [0.1, 0.15) is 37.3 Å². The van der Waals surface area contributed by atoms with Gasteiger partial charge in [-0.15, -0.1) is 0 Å². The molecule has 6 nitrogen and oxygen atoms in total. The topological polar surface area (TPSA) is 67.6 Å². The van der Waals surface area contributed by atoms with E-state index in [0.717, 1.165) is 18.4 Å². The lowest BCUT2D eigenvalue weighted by Gasteiger charge is -2.39. The number of nitrogens with zero attached hydrogens (tertiary/aromatic N) is 3. The standard InChI is InChI=1S/C13H17N3O3/c1-15-7-8(6-14-15)10-2-3-11-16(10)12(18)13(19-11)4-9(17)5-13/h6-7,9-11,17H,2-5H2,1H3/t9?,10-,11+,13?/m0/s1. The monoisotopic (exact) mass is 263 g/mol. The van der Waals surface area contributed by atoms with Crippen LogP contribution in [0.15, 0.2) is 12.4 Å². The van der Waals surface area contributed by atoms with Crippen LogP contribution in [-0.4, -0.2) is 43.6 Å². The molecule has 0 unspecified atom stereocenters. The summed E-state index contributed by atoms with van der Waals surface area (Å²) >= 11 is 0. The molecule has 3 aliphatic rings. The van der Waals surface area contributed by atoms with Gasteiger partial charge in [0.15, 0.2) is 5.60 Å². The first-order valence-corrected chi connectivity index (χ1v) is 6.76. The molecule has 3 heterocycles. The molecule has 3 fully saturated rings. The van der Waals surface area contributed by atoms with Crippen molar-refractivity contribution in [1.82, 2.24) is 14.7 Å². The van der Waals surface area contributed by atoms with Gasteiger partial charge in [-0.25, -0.2) is 0 Å². The van der Waals surface area contributed by atoms with Gasteiger partial charge in [0.25, 0.3) is 5.91 Å². The molecule has 1 saturated carbocycles. The van der Waals surface area contributed by atoms with Gasteiger partial charge in [0.2, 0.25) is 0 Å². The van der Waals surface area contributed by atoms with E-state index in [2.05, 4.69) is 5.10 Å². The van der Waals surface area contributed by atoms with Crippen LogP contribution in [0.4, 0.5) is 0 Å². The summed E-state index contributed by atoms with van der Waals surface area (Å²) in [5.41, 5.74) is 0.337. The van der Waals surface area contributed by atoms with Gasteiger partial charge in [-0.05, 0) is 12.8 Å². The molecule has 1 aromatic heterocycles. The highest BCUT2D eigenvalue weighted by molar-refractivity contribution is 5.89. The number of aliphatic hydroxyl groups excluding tert-OH is 1. The molecule has 6 heteroatoms. The Bertz CT molecular complexity index is 535. The number of amides is 1.